The average molecular weight is 372 g/mol. The van der Waals surface area contributed by atoms with Gasteiger partial charge < -0.3 is 19.4 Å². The fourth-order valence-corrected chi connectivity index (χ4v) is 3.40. The highest BCUT2D eigenvalue weighted by molar-refractivity contribution is 5.76. The summed E-state index contributed by atoms with van der Waals surface area (Å²) in [4.78, 5) is 17.8. The number of carbonyl (C=O) groups is 1. The van der Waals surface area contributed by atoms with Gasteiger partial charge in [-0.1, -0.05) is 12.1 Å². The van der Waals surface area contributed by atoms with Crippen molar-refractivity contribution in [2.24, 2.45) is 0 Å². The van der Waals surface area contributed by atoms with Gasteiger partial charge in [-0.2, -0.15) is 0 Å². The fraction of sp³-hybridized carbons (Fsp3) is 0.381. The first-order valence-electron chi connectivity index (χ1n) is 9.26. The number of quaternary nitrogens is 1. The van der Waals surface area contributed by atoms with E-state index in [2.05, 4.69) is 17.0 Å². The Balaban J connectivity index is 1.47. The molecule has 2 aromatic carbocycles. The number of anilines is 1. The summed E-state index contributed by atoms with van der Waals surface area (Å²) in [6.45, 7) is 4.59. The third-order valence-electron chi connectivity index (χ3n) is 5.04. The minimum absolute atomic E-state index is 0.0900. The van der Waals surface area contributed by atoms with Crippen LogP contribution in [0.1, 0.15) is 5.56 Å². The number of likely N-dealkylation sites (N-methyl/N-ethyl adjacent to an activating group) is 1. The van der Waals surface area contributed by atoms with Crippen molar-refractivity contribution in [1.29, 1.82) is 0 Å². The number of nitrogens with one attached hydrogen (secondary N) is 1. The third kappa shape index (κ3) is 5.20. The third-order valence-corrected chi connectivity index (χ3v) is 5.04. The average Bonchev–Trinajstić information content (AvgIpc) is 2.68. The molecule has 1 fully saturated rings. The predicted molar refractivity (Wildman–Crippen MR) is 104 cm³/mol. The van der Waals surface area contributed by atoms with Crippen LogP contribution in [0.25, 0.3) is 0 Å². The van der Waals surface area contributed by atoms with E-state index in [0.717, 1.165) is 37.5 Å². The van der Waals surface area contributed by atoms with Crippen LogP contribution in [-0.2, 0) is 11.3 Å². The first-order valence-corrected chi connectivity index (χ1v) is 9.26. The Bertz CT molecular complexity index is 758. The predicted octanol–water partition coefficient (Wildman–Crippen LogP) is 1.20. The van der Waals surface area contributed by atoms with Crippen LogP contribution >= 0.6 is 0 Å². The first kappa shape index (κ1) is 19.2. The van der Waals surface area contributed by atoms with Crippen LogP contribution in [0.2, 0.25) is 0 Å². The Morgan fingerprint density at radius 1 is 1.19 bits per heavy atom. The van der Waals surface area contributed by atoms with Crippen molar-refractivity contribution in [2.45, 2.75) is 6.54 Å². The maximum Gasteiger partial charge on any atom is 0.277 e. The zero-order valence-electron chi connectivity index (χ0n) is 16.0. The van der Waals surface area contributed by atoms with E-state index < -0.39 is 0 Å². The number of halogens is 1. The normalized spacial score (nSPS) is 14.9. The molecular weight excluding hydrogens is 345 g/mol. The molecule has 0 aliphatic carbocycles. The van der Waals surface area contributed by atoms with E-state index in [0.29, 0.717) is 13.1 Å². The van der Waals surface area contributed by atoms with E-state index in [-0.39, 0.29) is 11.7 Å². The molecule has 1 amide bonds. The molecule has 0 radical (unpaired) electrons. The molecule has 2 aromatic rings. The Morgan fingerprint density at radius 2 is 1.89 bits per heavy atom. The lowest BCUT2D eigenvalue weighted by atomic mass is 10.2. The highest BCUT2D eigenvalue weighted by Gasteiger charge is 2.24. The second-order valence-electron chi connectivity index (χ2n) is 6.99. The van der Waals surface area contributed by atoms with Crippen LogP contribution in [0, 0.1) is 5.82 Å². The molecule has 27 heavy (non-hydrogen) atoms. The molecule has 0 bridgehead atoms. The second kappa shape index (κ2) is 8.86. The lowest BCUT2D eigenvalue weighted by molar-refractivity contribution is -0.892. The van der Waals surface area contributed by atoms with E-state index in [1.807, 2.05) is 18.2 Å². The standard InChI is InChI=1S/C21H26FN3O2/c1-23(15-17-4-3-5-18(22)14-17)21(26)16-24-10-12-25(13-11-24)19-6-8-20(27-2)9-7-19/h3-9,14H,10-13,15-16H2,1-2H3/p+1. The number of nitrogens with zero attached hydrogens (tertiary/aromatic N) is 2. The number of amides is 1. The molecule has 1 N–H and O–H groups in total. The number of piperazine rings is 1. The maximum atomic E-state index is 13.3. The van der Waals surface area contributed by atoms with Crippen molar-refractivity contribution >= 4 is 11.6 Å². The molecule has 1 heterocycles. The van der Waals surface area contributed by atoms with E-state index in [1.54, 1.807) is 25.1 Å². The Morgan fingerprint density at radius 3 is 2.52 bits per heavy atom. The summed E-state index contributed by atoms with van der Waals surface area (Å²) in [5.74, 6) is 0.677. The van der Waals surface area contributed by atoms with Gasteiger partial charge in [-0.3, -0.25) is 4.79 Å². The summed E-state index contributed by atoms with van der Waals surface area (Å²) < 4.78 is 18.5. The maximum absolute atomic E-state index is 13.3. The molecule has 1 saturated heterocycles. The van der Waals surface area contributed by atoms with E-state index in [4.69, 9.17) is 4.74 Å². The van der Waals surface area contributed by atoms with Crippen molar-refractivity contribution in [1.82, 2.24) is 4.90 Å². The molecule has 5 nitrogen and oxygen atoms in total. The summed E-state index contributed by atoms with van der Waals surface area (Å²) in [5, 5.41) is 0. The van der Waals surface area contributed by atoms with Crippen molar-refractivity contribution in [3.63, 3.8) is 0 Å². The Hall–Kier alpha value is -2.60. The number of ether oxygens (including phenoxy) is 1. The number of rotatable bonds is 6. The van der Waals surface area contributed by atoms with Gasteiger partial charge in [0.1, 0.15) is 11.6 Å². The van der Waals surface area contributed by atoms with Gasteiger partial charge >= 0.3 is 0 Å². The molecule has 0 atom stereocenters. The van der Waals surface area contributed by atoms with Gasteiger partial charge in [0, 0.05) is 19.3 Å². The van der Waals surface area contributed by atoms with Crippen molar-refractivity contribution in [2.75, 3.05) is 51.8 Å². The zero-order valence-corrected chi connectivity index (χ0v) is 16.0. The van der Waals surface area contributed by atoms with Crippen molar-refractivity contribution in [3.05, 3.63) is 59.9 Å². The monoisotopic (exact) mass is 372 g/mol. The summed E-state index contributed by atoms with van der Waals surface area (Å²) in [6.07, 6.45) is 0. The number of methoxy groups -OCH3 is 1. The fourth-order valence-electron chi connectivity index (χ4n) is 3.40. The molecule has 6 heteroatoms. The highest BCUT2D eigenvalue weighted by Crippen LogP contribution is 2.18. The van der Waals surface area contributed by atoms with Gasteiger partial charge in [-0.05, 0) is 42.0 Å². The van der Waals surface area contributed by atoms with Gasteiger partial charge in [0.25, 0.3) is 5.91 Å². The van der Waals surface area contributed by atoms with Crippen molar-refractivity contribution in [3.8, 4) is 5.75 Å². The second-order valence-corrected chi connectivity index (χ2v) is 6.99. The van der Waals surface area contributed by atoms with Crippen molar-refractivity contribution < 1.29 is 18.8 Å². The Kier molecular flexibility index (Phi) is 6.29. The van der Waals surface area contributed by atoms with Crippen LogP contribution in [0.15, 0.2) is 48.5 Å². The molecule has 1 aliphatic rings. The van der Waals surface area contributed by atoms with Crippen LogP contribution in [0.3, 0.4) is 0 Å². The minimum Gasteiger partial charge on any atom is -0.497 e. The van der Waals surface area contributed by atoms with Gasteiger partial charge in [0.2, 0.25) is 0 Å². The Labute approximate surface area is 159 Å². The zero-order chi connectivity index (χ0) is 19.2. The summed E-state index contributed by atoms with van der Waals surface area (Å²) >= 11 is 0. The SMILES string of the molecule is COc1ccc(N2CC[NH+](CC(=O)N(C)Cc3cccc(F)c3)CC2)cc1. The van der Waals surface area contributed by atoms with Gasteiger partial charge in [0.05, 0.1) is 33.3 Å². The quantitative estimate of drug-likeness (QED) is 0.828. The van der Waals surface area contributed by atoms with Crippen LogP contribution in [0.4, 0.5) is 10.1 Å². The highest BCUT2D eigenvalue weighted by atomic mass is 19.1. The first-order chi connectivity index (χ1) is 13.0. The summed E-state index contributed by atoms with van der Waals surface area (Å²) in [5.41, 5.74) is 1.99. The molecule has 0 saturated carbocycles. The molecule has 0 spiro atoms. The summed E-state index contributed by atoms with van der Waals surface area (Å²) in [7, 11) is 3.44. The van der Waals surface area contributed by atoms with Crippen LogP contribution in [-0.4, -0.2) is 57.7 Å². The van der Waals surface area contributed by atoms with Gasteiger partial charge in [0.15, 0.2) is 6.54 Å². The largest absolute Gasteiger partial charge is 0.497 e. The molecule has 144 valence electrons. The molecule has 3 rings (SSSR count). The smallest absolute Gasteiger partial charge is 0.277 e. The van der Waals surface area contributed by atoms with E-state index >= 15 is 0 Å². The minimum atomic E-state index is -0.270. The van der Waals surface area contributed by atoms with Gasteiger partial charge in [-0.25, -0.2) is 4.39 Å². The topological polar surface area (TPSA) is 37.2 Å². The molecule has 1 aliphatic heterocycles. The van der Waals surface area contributed by atoms with Crippen LogP contribution in [0.5, 0.6) is 5.75 Å². The number of benzene rings is 2. The number of carbonyl (C=O) groups excluding carboxylic acids is 1. The van der Waals surface area contributed by atoms with Crippen LogP contribution < -0.4 is 14.5 Å². The van der Waals surface area contributed by atoms with E-state index in [9.17, 15) is 9.18 Å². The lowest BCUT2D eigenvalue weighted by Gasteiger charge is -2.34. The van der Waals surface area contributed by atoms with Gasteiger partial charge in [-0.15, -0.1) is 0 Å². The molecule has 0 aromatic heterocycles. The molecule has 0 unspecified atom stereocenters. The number of hydrogen-bond acceptors (Lipinski definition) is 3. The number of hydrogen-bond donors (Lipinski definition) is 1. The summed E-state index contributed by atoms with van der Waals surface area (Å²) in [6, 6.07) is 14.5. The molecular formula is C21H27FN3O2+. The lowest BCUT2D eigenvalue weighted by Crippen LogP contribution is -3.15. The van der Waals surface area contributed by atoms with E-state index in [1.165, 1.54) is 22.7 Å².